The van der Waals surface area contributed by atoms with E-state index in [2.05, 4.69) is 162 Å². The summed E-state index contributed by atoms with van der Waals surface area (Å²) < 4.78 is 0. The Hall–Kier alpha value is -0.538. The van der Waals surface area contributed by atoms with Gasteiger partial charge in [-0.05, 0) is 20.8 Å². The minimum absolute atomic E-state index is 0. The van der Waals surface area contributed by atoms with Crippen molar-refractivity contribution < 1.29 is 58.9 Å². The number of halogens is 3. The fraction of sp³-hybridized carbons (Fsp3) is 0.410. The van der Waals surface area contributed by atoms with Gasteiger partial charge in [-0.25, -0.2) is 0 Å². The van der Waals surface area contributed by atoms with Crippen molar-refractivity contribution in [2.45, 2.75) is 107 Å². The van der Waals surface area contributed by atoms with Crippen LogP contribution in [0.1, 0.15) is 38.9 Å². The van der Waals surface area contributed by atoms with Gasteiger partial charge in [0, 0.05) is 0 Å². The standard InChI is InChI=1S/C39H57Si4.3ClH.Ti/c1-26-23-33(17-20-36(26)40(8,9)10)43(39-31(6)29(4)30(5)32(39)7,34-18-21-37(27(2)24-34)41(11,12)13)35-19-22-38(28(3)25-35)42(14,15)16;;;;/h17-25H,1-16H3;3*1H;/q-1;;;;+4/p-3. The monoisotopic (exact) mass is 790 g/mol. The zero-order valence-corrected chi connectivity index (χ0v) is 39.7. The second-order valence-corrected chi connectivity index (χ2v) is 35.3. The summed E-state index contributed by atoms with van der Waals surface area (Å²) in [6, 6.07) is 23.0. The molecule has 4 rings (SSSR count). The molecule has 0 fully saturated rings. The van der Waals surface area contributed by atoms with Crippen molar-refractivity contribution in [3.8, 4) is 0 Å². The fourth-order valence-corrected chi connectivity index (χ4v) is 19.1. The maximum atomic E-state index is 2.61. The Bertz CT molecular complexity index is 1520. The van der Waals surface area contributed by atoms with Crippen molar-refractivity contribution in [3.05, 3.63) is 93.5 Å². The summed E-state index contributed by atoms with van der Waals surface area (Å²) in [6.07, 6.45) is 0. The predicted molar refractivity (Wildman–Crippen MR) is 208 cm³/mol. The van der Waals surface area contributed by atoms with Crippen LogP contribution in [0.3, 0.4) is 0 Å². The van der Waals surface area contributed by atoms with Crippen LogP contribution in [0.15, 0.2) is 54.6 Å². The van der Waals surface area contributed by atoms with Crippen molar-refractivity contribution in [2.75, 3.05) is 0 Å². The van der Waals surface area contributed by atoms with Crippen LogP contribution in [0.5, 0.6) is 0 Å². The molecule has 0 saturated carbocycles. The summed E-state index contributed by atoms with van der Waals surface area (Å²) in [5, 5.41) is 11.0. The summed E-state index contributed by atoms with van der Waals surface area (Å²) in [5.41, 5.74) is 10.3. The van der Waals surface area contributed by atoms with Crippen LogP contribution in [0.25, 0.3) is 0 Å². The molecule has 0 spiro atoms. The second kappa shape index (κ2) is 16.2. The van der Waals surface area contributed by atoms with E-state index in [1.807, 2.05) is 0 Å². The van der Waals surface area contributed by atoms with Gasteiger partial charge in [-0.15, -0.1) is 5.19 Å². The summed E-state index contributed by atoms with van der Waals surface area (Å²) in [7, 11) is -7.12. The van der Waals surface area contributed by atoms with Gasteiger partial charge in [0.25, 0.3) is 0 Å². The van der Waals surface area contributed by atoms with E-state index in [1.54, 1.807) is 20.7 Å². The van der Waals surface area contributed by atoms with Gasteiger partial charge in [0.2, 0.25) is 0 Å². The Morgan fingerprint density at radius 3 is 0.830 bits per heavy atom. The van der Waals surface area contributed by atoms with Gasteiger partial charge >= 0.3 is 21.7 Å². The van der Waals surface area contributed by atoms with E-state index in [0.29, 0.717) is 0 Å². The molecule has 0 atom stereocenters. The quantitative estimate of drug-likeness (QED) is 0.111. The molecular formula is C39H57Cl3Si4Ti. The Labute approximate surface area is 325 Å². The molecule has 0 saturated heterocycles. The third-order valence-corrected chi connectivity index (χ3v) is 21.8. The fourth-order valence-electron chi connectivity index (χ4n) is 7.93. The van der Waals surface area contributed by atoms with Gasteiger partial charge in [0.05, 0.1) is 24.2 Å². The molecule has 0 bridgehead atoms. The van der Waals surface area contributed by atoms with Gasteiger partial charge in [-0.1, -0.05) is 189 Å². The zero-order chi connectivity index (χ0) is 32.4. The van der Waals surface area contributed by atoms with Crippen LogP contribution in [0.2, 0.25) is 58.9 Å². The number of aryl methyl sites for hydroxylation is 3. The van der Waals surface area contributed by atoms with E-state index in [-0.39, 0.29) is 58.9 Å². The Morgan fingerprint density at radius 2 is 0.638 bits per heavy atom. The third-order valence-electron chi connectivity index (χ3n) is 10.2. The average molecular weight is 792 g/mol. The third kappa shape index (κ3) is 8.51. The first-order chi connectivity index (χ1) is 19.6. The molecular weight excluding hydrogens is 735 g/mol. The van der Waals surface area contributed by atoms with Crippen LogP contribution >= 0.6 is 0 Å². The van der Waals surface area contributed by atoms with E-state index in [1.165, 1.54) is 54.5 Å². The Kier molecular flexibility index (Phi) is 16.0. The van der Waals surface area contributed by atoms with Gasteiger partial charge in [-0.2, -0.15) is 22.3 Å². The summed E-state index contributed by atoms with van der Waals surface area (Å²) in [6.45, 7) is 38.9. The molecule has 47 heavy (non-hydrogen) atoms. The van der Waals surface area contributed by atoms with Crippen LogP contribution in [-0.4, -0.2) is 32.3 Å². The van der Waals surface area contributed by atoms with Crippen molar-refractivity contribution in [1.29, 1.82) is 0 Å². The molecule has 0 heterocycles. The zero-order valence-electron chi connectivity index (χ0n) is 31.8. The summed E-state index contributed by atoms with van der Waals surface area (Å²) >= 11 is 0. The molecule has 0 radical (unpaired) electrons. The Balaban J connectivity index is 0.00000529. The van der Waals surface area contributed by atoms with E-state index < -0.39 is 32.3 Å². The van der Waals surface area contributed by atoms with Crippen LogP contribution in [0.4, 0.5) is 0 Å². The maximum Gasteiger partial charge on any atom is 4.00 e. The number of hydrogen-bond donors (Lipinski definition) is 0. The van der Waals surface area contributed by atoms with Crippen LogP contribution in [0, 0.1) is 48.5 Å². The first kappa shape index (κ1) is 46.5. The first-order valence-electron chi connectivity index (χ1n) is 16.2. The van der Waals surface area contributed by atoms with Gasteiger partial charge in [0.15, 0.2) is 0 Å². The SMILES string of the molecule is Cc1cc([Si](c2ccc([Si](C)(C)C)c(C)c2)(c2ccc([Si](C)(C)C)c(C)c2)[c-]2c(C)c(C)c(C)c2C)ccc1[Si](C)(C)C.[Cl-].[Cl-].[Cl-].[Ti+4]. The maximum absolute atomic E-state index is 2.69. The minimum Gasteiger partial charge on any atom is -1.00 e. The van der Waals surface area contributed by atoms with Crippen LogP contribution < -0.4 is 73.5 Å². The molecule has 254 valence electrons. The van der Waals surface area contributed by atoms with E-state index in [9.17, 15) is 0 Å². The molecule has 4 aromatic carbocycles. The molecule has 0 nitrogen and oxygen atoms in total. The molecule has 0 aliphatic carbocycles. The van der Waals surface area contributed by atoms with Gasteiger partial charge < -0.3 is 37.2 Å². The smallest absolute Gasteiger partial charge is 1.00 e. The molecule has 8 heteroatoms. The van der Waals surface area contributed by atoms with Gasteiger partial charge in [-0.3, -0.25) is 0 Å². The second-order valence-electron chi connectivity index (χ2n) is 16.5. The summed E-state index contributed by atoms with van der Waals surface area (Å²) in [5.74, 6) is 0. The molecule has 4 aromatic rings. The largest absolute Gasteiger partial charge is 4.00 e. The van der Waals surface area contributed by atoms with E-state index in [4.69, 9.17) is 0 Å². The predicted octanol–water partition coefficient (Wildman–Crippen LogP) is -2.41. The molecule has 0 unspecified atom stereocenters. The van der Waals surface area contributed by atoms with Crippen molar-refractivity contribution in [1.82, 2.24) is 0 Å². The van der Waals surface area contributed by atoms with Crippen molar-refractivity contribution in [2.24, 2.45) is 0 Å². The minimum atomic E-state index is -2.69. The van der Waals surface area contributed by atoms with Crippen molar-refractivity contribution >= 4 is 68.6 Å². The van der Waals surface area contributed by atoms with Gasteiger partial charge in [0.1, 0.15) is 8.07 Å². The molecule has 0 aliphatic heterocycles. The molecule has 0 aromatic heterocycles. The number of rotatable bonds is 7. The van der Waals surface area contributed by atoms with E-state index >= 15 is 0 Å². The molecule has 0 N–H and O–H groups in total. The molecule has 0 aliphatic rings. The Morgan fingerprint density at radius 1 is 0.404 bits per heavy atom. The average Bonchev–Trinajstić information content (AvgIpc) is 3.05. The van der Waals surface area contributed by atoms with Crippen molar-refractivity contribution in [3.63, 3.8) is 0 Å². The number of benzene rings is 3. The first-order valence-corrected chi connectivity index (χ1v) is 28.7. The van der Waals surface area contributed by atoms with E-state index in [0.717, 1.165) is 0 Å². The topological polar surface area (TPSA) is 0 Å². The summed E-state index contributed by atoms with van der Waals surface area (Å²) in [4.78, 5) is 0. The number of hydrogen-bond acceptors (Lipinski definition) is 0. The van der Waals surface area contributed by atoms with Crippen LogP contribution in [-0.2, 0) is 21.7 Å². The molecule has 0 amide bonds. The normalized spacial score (nSPS) is 12.0.